The molecule has 0 spiro atoms. The van der Waals surface area contributed by atoms with Crippen LogP contribution in [0.5, 0.6) is 0 Å². The molecule has 0 saturated carbocycles. The highest BCUT2D eigenvalue weighted by Gasteiger charge is 2.36. The van der Waals surface area contributed by atoms with Crippen LogP contribution in [0.1, 0.15) is 11.6 Å². The summed E-state index contributed by atoms with van der Waals surface area (Å²) < 4.78 is 36.2. The Hall–Kier alpha value is -2.48. The molecule has 0 aromatic heterocycles. The Balaban J connectivity index is 2.52. The molecule has 22 heavy (non-hydrogen) atoms. The van der Waals surface area contributed by atoms with Crippen LogP contribution in [0.25, 0.3) is 0 Å². The minimum absolute atomic E-state index is 0.0742. The van der Waals surface area contributed by atoms with Gasteiger partial charge in [0, 0.05) is 13.3 Å². The molecule has 0 aliphatic carbocycles. The van der Waals surface area contributed by atoms with Crippen LogP contribution in [0.15, 0.2) is 30.0 Å². The maximum Gasteiger partial charge on any atom is 0.337 e. The lowest BCUT2D eigenvalue weighted by Crippen LogP contribution is -2.47. The van der Waals surface area contributed by atoms with Gasteiger partial charge in [0.05, 0.1) is 18.7 Å². The number of hydrogen-bond acceptors (Lipinski definition) is 4. The Morgan fingerprint density at radius 1 is 1.32 bits per heavy atom. The van der Waals surface area contributed by atoms with Crippen molar-refractivity contribution in [1.29, 1.82) is 0 Å². The van der Waals surface area contributed by atoms with Crippen molar-refractivity contribution in [3.63, 3.8) is 0 Å². The Morgan fingerprint density at radius 3 is 2.64 bits per heavy atom. The number of carbonyl (C=O) groups is 2. The Kier molecular flexibility index (Phi) is 4.71. The molecule has 8 heteroatoms. The van der Waals surface area contributed by atoms with E-state index in [2.05, 4.69) is 10.1 Å². The topological polar surface area (TPSA) is 67.9 Å². The second-order valence-corrected chi connectivity index (χ2v) is 4.50. The zero-order valence-corrected chi connectivity index (χ0v) is 11.9. The van der Waals surface area contributed by atoms with Crippen LogP contribution in [0.4, 0.5) is 13.6 Å². The van der Waals surface area contributed by atoms with E-state index in [0.29, 0.717) is 0 Å². The third kappa shape index (κ3) is 2.91. The van der Waals surface area contributed by atoms with Crippen LogP contribution in [-0.2, 0) is 14.3 Å². The third-order valence-electron chi connectivity index (χ3n) is 3.17. The Bertz CT molecular complexity index is 633. The molecule has 1 aliphatic rings. The molecule has 1 aromatic carbocycles. The number of amides is 2. The van der Waals surface area contributed by atoms with Crippen LogP contribution in [0.3, 0.4) is 0 Å². The Morgan fingerprint density at radius 2 is 2.05 bits per heavy atom. The van der Waals surface area contributed by atoms with E-state index in [1.165, 1.54) is 31.4 Å². The average Bonchev–Trinajstić information content (AvgIpc) is 2.51. The van der Waals surface area contributed by atoms with Crippen molar-refractivity contribution in [3.8, 4) is 0 Å². The molecule has 6 nitrogen and oxygen atoms in total. The standard InChI is InChI=1S/C14H14F2N2O4/c1-21-7-18-12(8-3-4-10(15)11(16)5-8)9(13(19)22-2)6-17-14(18)20/h3-6,12H,7H2,1-2H3,(H,17,20). The van der Waals surface area contributed by atoms with Gasteiger partial charge in [-0.3, -0.25) is 4.90 Å². The molecule has 1 aliphatic heterocycles. The predicted octanol–water partition coefficient (Wildman–Crippen LogP) is 1.69. The van der Waals surface area contributed by atoms with Gasteiger partial charge in [0.2, 0.25) is 0 Å². The summed E-state index contributed by atoms with van der Waals surface area (Å²) in [5.41, 5.74) is 0.299. The number of halogens is 2. The number of nitrogens with zero attached hydrogens (tertiary/aromatic N) is 1. The highest BCUT2D eigenvalue weighted by Crippen LogP contribution is 2.32. The van der Waals surface area contributed by atoms with Gasteiger partial charge in [-0.25, -0.2) is 18.4 Å². The number of methoxy groups -OCH3 is 2. The van der Waals surface area contributed by atoms with Crippen molar-refractivity contribution in [2.75, 3.05) is 21.0 Å². The second kappa shape index (κ2) is 6.52. The molecule has 1 N–H and O–H groups in total. The van der Waals surface area contributed by atoms with Gasteiger partial charge in [-0.1, -0.05) is 6.07 Å². The van der Waals surface area contributed by atoms with Crippen molar-refractivity contribution in [1.82, 2.24) is 10.2 Å². The first-order chi connectivity index (χ1) is 10.5. The molecule has 1 atom stereocenters. The lowest BCUT2D eigenvalue weighted by molar-refractivity contribution is -0.137. The number of nitrogens with one attached hydrogen (secondary N) is 1. The van der Waals surface area contributed by atoms with Gasteiger partial charge in [0.25, 0.3) is 0 Å². The molecule has 0 fully saturated rings. The quantitative estimate of drug-likeness (QED) is 0.859. The highest BCUT2D eigenvalue weighted by atomic mass is 19.2. The van der Waals surface area contributed by atoms with E-state index in [9.17, 15) is 18.4 Å². The second-order valence-electron chi connectivity index (χ2n) is 4.50. The van der Waals surface area contributed by atoms with Crippen molar-refractivity contribution in [2.45, 2.75) is 6.04 Å². The molecule has 0 bridgehead atoms. The number of urea groups is 1. The molecular weight excluding hydrogens is 298 g/mol. The lowest BCUT2D eigenvalue weighted by Gasteiger charge is -2.35. The zero-order chi connectivity index (χ0) is 16.3. The predicted molar refractivity (Wildman–Crippen MR) is 71.4 cm³/mol. The molecule has 1 aromatic rings. The van der Waals surface area contributed by atoms with Crippen LogP contribution < -0.4 is 5.32 Å². The number of benzene rings is 1. The fraction of sp³-hybridized carbons (Fsp3) is 0.286. The molecule has 1 unspecified atom stereocenters. The van der Waals surface area contributed by atoms with E-state index in [1.54, 1.807) is 0 Å². The number of rotatable bonds is 4. The van der Waals surface area contributed by atoms with Crippen LogP contribution >= 0.6 is 0 Å². The molecule has 2 rings (SSSR count). The minimum Gasteiger partial charge on any atom is -0.466 e. The summed E-state index contributed by atoms with van der Waals surface area (Å²) >= 11 is 0. The molecule has 2 amide bonds. The smallest absolute Gasteiger partial charge is 0.337 e. The molecule has 118 valence electrons. The van der Waals surface area contributed by atoms with Gasteiger partial charge >= 0.3 is 12.0 Å². The Labute approximate surface area is 125 Å². The van der Waals surface area contributed by atoms with E-state index < -0.39 is 29.7 Å². The fourth-order valence-corrected chi connectivity index (χ4v) is 2.19. The molecule has 1 heterocycles. The lowest BCUT2D eigenvalue weighted by atomic mass is 9.96. The normalized spacial score (nSPS) is 17.8. The summed E-state index contributed by atoms with van der Waals surface area (Å²) in [4.78, 5) is 25.0. The van der Waals surface area contributed by atoms with Crippen LogP contribution in [0, 0.1) is 11.6 Å². The molecular formula is C14H14F2N2O4. The van der Waals surface area contributed by atoms with Crippen LogP contribution in [0.2, 0.25) is 0 Å². The van der Waals surface area contributed by atoms with Crippen molar-refractivity contribution in [3.05, 3.63) is 47.2 Å². The number of esters is 1. The summed E-state index contributed by atoms with van der Waals surface area (Å²) in [5, 5.41) is 2.38. The summed E-state index contributed by atoms with van der Waals surface area (Å²) in [6.07, 6.45) is 1.19. The number of hydrogen-bond donors (Lipinski definition) is 1. The summed E-state index contributed by atoms with van der Waals surface area (Å²) in [5.74, 6) is -2.80. The largest absolute Gasteiger partial charge is 0.466 e. The van der Waals surface area contributed by atoms with Gasteiger partial charge in [0.15, 0.2) is 11.6 Å². The van der Waals surface area contributed by atoms with E-state index in [-0.39, 0.29) is 17.9 Å². The zero-order valence-electron chi connectivity index (χ0n) is 11.9. The van der Waals surface area contributed by atoms with Gasteiger partial charge in [-0.15, -0.1) is 0 Å². The summed E-state index contributed by atoms with van der Waals surface area (Å²) in [6.45, 7) is -0.149. The van der Waals surface area contributed by atoms with Crippen LogP contribution in [-0.4, -0.2) is 37.9 Å². The first-order valence-corrected chi connectivity index (χ1v) is 6.29. The third-order valence-corrected chi connectivity index (χ3v) is 3.17. The molecule has 0 radical (unpaired) electrons. The van der Waals surface area contributed by atoms with E-state index in [4.69, 9.17) is 4.74 Å². The fourth-order valence-electron chi connectivity index (χ4n) is 2.19. The van der Waals surface area contributed by atoms with Gasteiger partial charge in [-0.05, 0) is 17.7 Å². The van der Waals surface area contributed by atoms with Crippen molar-refractivity contribution >= 4 is 12.0 Å². The molecule has 0 saturated heterocycles. The van der Waals surface area contributed by atoms with E-state index in [1.807, 2.05) is 0 Å². The van der Waals surface area contributed by atoms with Gasteiger partial charge in [-0.2, -0.15) is 0 Å². The SMILES string of the molecule is COCN1C(=O)NC=C(C(=O)OC)C1c1ccc(F)c(F)c1. The van der Waals surface area contributed by atoms with E-state index >= 15 is 0 Å². The number of ether oxygens (including phenoxy) is 2. The minimum atomic E-state index is -1.08. The summed E-state index contributed by atoms with van der Waals surface area (Å²) in [7, 11) is 2.55. The van der Waals surface area contributed by atoms with Gasteiger partial charge in [0.1, 0.15) is 6.73 Å². The monoisotopic (exact) mass is 312 g/mol. The first-order valence-electron chi connectivity index (χ1n) is 6.29. The summed E-state index contributed by atoms with van der Waals surface area (Å²) in [6, 6.07) is 1.66. The maximum atomic E-state index is 13.5. The highest BCUT2D eigenvalue weighted by molar-refractivity contribution is 5.93. The van der Waals surface area contributed by atoms with E-state index in [0.717, 1.165) is 12.1 Å². The number of carbonyl (C=O) groups excluding carboxylic acids is 2. The first kappa shape index (κ1) is 15.9. The van der Waals surface area contributed by atoms with Gasteiger partial charge < -0.3 is 14.8 Å². The average molecular weight is 312 g/mol. The maximum absolute atomic E-state index is 13.5. The van der Waals surface area contributed by atoms with Crippen molar-refractivity contribution < 1.29 is 27.8 Å². The van der Waals surface area contributed by atoms with Crippen molar-refractivity contribution in [2.24, 2.45) is 0 Å².